The smallest absolute Gasteiger partial charge is 0.323 e. The summed E-state index contributed by atoms with van der Waals surface area (Å²) in [7, 11) is -3.16. The van der Waals surface area contributed by atoms with E-state index in [9.17, 15) is 31.2 Å². The van der Waals surface area contributed by atoms with Crippen molar-refractivity contribution in [3.05, 3.63) is 23.9 Å². The second-order valence-corrected chi connectivity index (χ2v) is 9.35. The van der Waals surface area contributed by atoms with E-state index in [4.69, 9.17) is 0 Å². The molecule has 0 bridgehead atoms. The molecular weight excluding hydrogens is 413 g/mol. The van der Waals surface area contributed by atoms with E-state index in [2.05, 4.69) is 10.3 Å². The number of likely N-dealkylation sites (tertiary alicyclic amines) is 1. The molecule has 12 heteroatoms. The fourth-order valence-corrected chi connectivity index (χ4v) is 4.60. The van der Waals surface area contributed by atoms with Gasteiger partial charge in [0.2, 0.25) is 5.91 Å². The van der Waals surface area contributed by atoms with Gasteiger partial charge in [0.1, 0.15) is 11.9 Å². The average molecular weight is 434 g/mol. The number of carbonyl (C=O) groups excluding carboxylic acids is 2. The van der Waals surface area contributed by atoms with Gasteiger partial charge in [-0.3, -0.25) is 4.79 Å². The minimum atomic E-state index is -4.57. The van der Waals surface area contributed by atoms with Gasteiger partial charge in [-0.1, -0.05) is 0 Å². The number of alkyl halides is 3. The molecule has 2 aliphatic heterocycles. The van der Waals surface area contributed by atoms with E-state index in [-0.39, 0.29) is 30.4 Å². The third kappa shape index (κ3) is 5.17. The lowest BCUT2D eigenvalue weighted by Crippen LogP contribution is -2.56. The van der Waals surface area contributed by atoms with Crippen molar-refractivity contribution in [1.82, 2.24) is 14.8 Å². The zero-order chi connectivity index (χ0) is 21.2. The van der Waals surface area contributed by atoms with Crippen LogP contribution in [0.5, 0.6) is 0 Å². The molecule has 29 heavy (non-hydrogen) atoms. The molecule has 2 fully saturated rings. The molecular formula is C17H21F3N4O4S. The minimum absolute atomic E-state index is 0.0567. The van der Waals surface area contributed by atoms with E-state index in [0.29, 0.717) is 25.8 Å². The number of sulfone groups is 1. The number of nitrogens with one attached hydrogen (secondary N) is 1. The van der Waals surface area contributed by atoms with Gasteiger partial charge in [-0.05, 0) is 31.4 Å². The van der Waals surface area contributed by atoms with Crippen LogP contribution in [0.15, 0.2) is 18.3 Å². The monoisotopic (exact) mass is 434 g/mol. The van der Waals surface area contributed by atoms with Crippen molar-refractivity contribution < 1.29 is 31.2 Å². The molecule has 3 amide bonds. The molecule has 1 atom stereocenters. The molecule has 0 saturated carbocycles. The number of rotatable bonds is 2. The molecule has 2 aliphatic rings. The van der Waals surface area contributed by atoms with Crippen LogP contribution in [0.3, 0.4) is 0 Å². The normalized spacial score (nSPS) is 22.2. The molecule has 3 rings (SSSR count). The Hall–Kier alpha value is -2.37. The summed E-state index contributed by atoms with van der Waals surface area (Å²) in [4.78, 5) is 32.0. The lowest BCUT2D eigenvalue weighted by Gasteiger charge is -2.39. The number of nitrogens with zero attached hydrogens (tertiary/aromatic N) is 3. The molecule has 8 nitrogen and oxygen atoms in total. The van der Waals surface area contributed by atoms with E-state index in [0.717, 1.165) is 18.3 Å². The summed E-state index contributed by atoms with van der Waals surface area (Å²) in [5, 5.41) is 2.37. The van der Waals surface area contributed by atoms with E-state index >= 15 is 0 Å². The standard InChI is InChI=1S/C17H21F3N4O4S/c18-17(19,20)12-4-5-21-14(11-12)22-15(25)13-3-1-2-6-24(13)16(26)23-7-9-29(27,28)10-8-23/h4-5,11,13H,1-3,6-10H2,(H,21,22,25). The van der Waals surface area contributed by atoms with Gasteiger partial charge in [0, 0.05) is 25.8 Å². The van der Waals surface area contributed by atoms with Crippen molar-refractivity contribution in [2.24, 2.45) is 0 Å². The van der Waals surface area contributed by atoms with Crippen LogP contribution < -0.4 is 5.32 Å². The van der Waals surface area contributed by atoms with Crippen molar-refractivity contribution in [3.8, 4) is 0 Å². The van der Waals surface area contributed by atoms with Crippen LogP contribution in [0.2, 0.25) is 0 Å². The van der Waals surface area contributed by atoms with E-state index in [1.54, 1.807) is 0 Å². The van der Waals surface area contributed by atoms with Gasteiger partial charge in [-0.15, -0.1) is 0 Å². The number of anilines is 1. The molecule has 0 radical (unpaired) electrons. The predicted molar refractivity (Wildman–Crippen MR) is 97.8 cm³/mol. The number of piperidine rings is 1. The minimum Gasteiger partial charge on any atom is -0.323 e. The highest BCUT2D eigenvalue weighted by Gasteiger charge is 2.37. The van der Waals surface area contributed by atoms with Crippen molar-refractivity contribution in [1.29, 1.82) is 0 Å². The third-order valence-corrected chi connectivity index (χ3v) is 6.61. The summed E-state index contributed by atoms with van der Waals surface area (Å²) in [6, 6.07) is 0.252. The zero-order valence-electron chi connectivity index (χ0n) is 15.5. The third-order valence-electron chi connectivity index (χ3n) is 5.00. The number of hydrogen-bond donors (Lipinski definition) is 1. The topological polar surface area (TPSA) is 99.7 Å². The van der Waals surface area contributed by atoms with Crippen molar-refractivity contribution in [2.75, 3.05) is 36.5 Å². The summed E-state index contributed by atoms with van der Waals surface area (Å²) in [5.74, 6) is -1.11. The van der Waals surface area contributed by atoms with Gasteiger partial charge < -0.3 is 15.1 Å². The maximum Gasteiger partial charge on any atom is 0.416 e. The summed E-state index contributed by atoms with van der Waals surface area (Å²) in [6.07, 6.45) is -1.88. The van der Waals surface area contributed by atoms with Gasteiger partial charge >= 0.3 is 12.2 Å². The number of carbonyl (C=O) groups is 2. The number of urea groups is 1. The van der Waals surface area contributed by atoms with Crippen LogP contribution in [0.1, 0.15) is 24.8 Å². The largest absolute Gasteiger partial charge is 0.416 e. The second kappa shape index (κ2) is 8.17. The number of hydrogen-bond acceptors (Lipinski definition) is 5. The lowest BCUT2D eigenvalue weighted by molar-refractivity contribution is -0.137. The Kier molecular flexibility index (Phi) is 6.01. The Morgan fingerprint density at radius 1 is 1.14 bits per heavy atom. The number of halogens is 3. The Morgan fingerprint density at radius 2 is 1.83 bits per heavy atom. The Balaban J connectivity index is 1.71. The van der Waals surface area contributed by atoms with Crippen molar-refractivity contribution in [3.63, 3.8) is 0 Å². The van der Waals surface area contributed by atoms with Crippen molar-refractivity contribution >= 4 is 27.6 Å². The molecule has 1 unspecified atom stereocenters. The van der Waals surface area contributed by atoms with Crippen LogP contribution in [0, 0.1) is 0 Å². The highest BCUT2D eigenvalue weighted by molar-refractivity contribution is 7.91. The van der Waals surface area contributed by atoms with Crippen LogP contribution >= 0.6 is 0 Å². The first-order valence-electron chi connectivity index (χ1n) is 9.17. The van der Waals surface area contributed by atoms with Crippen LogP contribution in [-0.2, 0) is 20.8 Å². The highest BCUT2D eigenvalue weighted by atomic mass is 32.2. The van der Waals surface area contributed by atoms with Crippen LogP contribution in [0.25, 0.3) is 0 Å². The Morgan fingerprint density at radius 3 is 2.48 bits per heavy atom. The first-order valence-corrected chi connectivity index (χ1v) is 11.0. The highest BCUT2D eigenvalue weighted by Crippen LogP contribution is 2.30. The Labute approximate surface area is 166 Å². The SMILES string of the molecule is O=C(Nc1cc(C(F)(F)F)ccn1)C1CCCCN1C(=O)N1CCS(=O)(=O)CC1. The van der Waals surface area contributed by atoms with Gasteiger partial charge in [0.15, 0.2) is 9.84 Å². The second-order valence-electron chi connectivity index (χ2n) is 7.04. The fourth-order valence-electron chi connectivity index (χ4n) is 3.40. The quantitative estimate of drug-likeness (QED) is 0.765. The first kappa shape index (κ1) is 21.3. The number of amides is 3. The van der Waals surface area contributed by atoms with Gasteiger partial charge in [0.25, 0.3) is 0 Å². The fraction of sp³-hybridized carbons (Fsp3) is 0.588. The molecule has 1 aromatic heterocycles. The zero-order valence-corrected chi connectivity index (χ0v) is 16.3. The number of pyridine rings is 1. The molecule has 1 aromatic rings. The molecule has 1 N–H and O–H groups in total. The van der Waals surface area contributed by atoms with Crippen molar-refractivity contribution in [2.45, 2.75) is 31.5 Å². The molecule has 2 saturated heterocycles. The first-order chi connectivity index (χ1) is 13.6. The van der Waals surface area contributed by atoms with Gasteiger partial charge in [-0.25, -0.2) is 18.2 Å². The molecule has 0 aliphatic carbocycles. The van der Waals surface area contributed by atoms with E-state index in [1.807, 2.05) is 0 Å². The van der Waals surface area contributed by atoms with Crippen LogP contribution in [0.4, 0.5) is 23.8 Å². The Bertz CT molecular complexity index is 877. The maximum atomic E-state index is 12.8. The molecule has 0 aromatic carbocycles. The summed E-state index contributed by atoms with van der Waals surface area (Å²) in [6.45, 7) is 0.429. The molecule has 160 valence electrons. The summed E-state index contributed by atoms with van der Waals surface area (Å²) >= 11 is 0. The van der Waals surface area contributed by atoms with Gasteiger partial charge in [0.05, 0.1) is 17.1 Å². The predicted octanol–water partition coefficient (Wildman–Crippen LogP) is 1.74. The van der Waals surface area contributed by atoms with Gasteiger partial charge in [-0.2, -0.15) is 13.2 Å². The lowest BCUT2D eigenvalue weighted by atomic mass is 10.0. The number of aromatic nitrogens is 1. The van der Waals surface area contributed by atoms with E-state index < -0.39 is 39.6 Å². The van der Waals surface area contributed by atoms with Crippen LogP contribution in [-0.4, -0.2) is 72.3 Å². The van der Waals surface area contributed by atoms with E-state index in [1.165, 1.54) is 9.80 Å². The molecule has 3 heterocycles. The molecule has 0 spiro atoms. The average Bonchev–Trinajstić information content (AvgIpc) is 2.67. The maximum absolute atomic E-state index is 12.8. The summed E-state index contributed by atoms with van der Waals surface area (Å²) < 4.78 is 61.7. The summed E-state index contributed by atoms with van der Waals surface area (Å²) in [5.41, 5.74) is -0.936.